The van der Waals surface area contributed by atoms with Crippen LogP contribution in [-0.2, 0) is 0 Å². The van der Waals surface area contributed by atoms with Gasteiger partial charge in [-0.25, -0.2) is 9.07 Å². The Labute approximate surface area is 158 Å². The summed E-state index contributed by atoms with van der Waals surface area (Å²) in [7, 11) is 0. The quantitative estimate of drug-likeness (QED) is 0.533. The number of amides is 2. The lowest BCUT2D eigenvalue weighted by Gasteiger charge is -2.12. The number of hydrogen-bond donors (Lipinski definition) is 2. The van der Waals surface area contributed by atoms with Crippen LogP contribution in [0.3, 0.4) is 0 Å². The van der Waals surface area contributed by atoms with Crippen LogP contribution in [0, 0.1) is 5.82 Å². The molecule has 4 rings (SSSR count). The molecule has 2 N–H and O–H groups in total. The molecule has 8 nitrogen and oxygen atoms in total. The highest BCUT2D eigenvalue weighted by molar-refractivity contribution is 5.99. The summed E-state index contributed by atoms with van der Waals surface area (Å²) in [5.41, 5.74) is 4.90. The zero-order valence-electron chi connectivity index (χ0n) is 14.4. The molecule has 0 bridgehead atoms. The number of furan rings is 1. The SMILES string of the molecule is O=C(NNC(=O)c1cnn(-c2ccccc2F)c1-n1cccc1)c1ccco1. The number of para-hydroxylation sites is 1. The van der Waals surface area contributed by atoms with Crippen LogP contribution in [0.15, 0.2) is 77.8 Å². The Kier molecular flexibility index (Phi) is 4.47. The van der Waals surface area contributed by atoms with Crippen molar-refractivity contribution in [3.05, 3.63) is 90.5 Å². The summed E-state index contributed by atoms with van der Waals surface area (Å²) < 4.78 is 22.2. The Balaban J connectivity index is 1.67. The molecule has 2 amide bonds. The van der Waals surface area contributed by atoms with Gasteiger partial charge >= 0.3 is 5.91 Å². The molecule has 0 aliphatic rings. The zero-order valence-corrected chi connectivity index (χ0v) is 14.4. The number of carbonyl (C=O) groups is 2. The molecule has 0 saturated heterocycles. The van der Waals surface area contributed by atoms with Gasteiger partial charge in [0.1, 0.15) is 17.1 Å². The second kappa shape index (κ2) is 7.23. The van der Waals surface area contributed by atoms with E-state index >= 15 is 0 Å². The lowest BCUT2D eigenvalue weighted by Crippen LogP contribution is -2.41. The lowest BCUT2D eigenvalue weighted by atomic mass is 10.3. The van der Waals surface area contributed by atoms with Crippen molar-refractivity contribution >= 4 is 11.8 Å². The van der Waals surface area contributed by atoms with E-state index in [2.05, 4.69) is 16.0 Å². The Morgan fingerprint density at radius 3 is 2.43 bits per heavy atom. The highest BCUT2D eigenvalue weighted by atomic mass is 19.1. The molecule has 4 aromatic rings. The first-order chi connectivity index (χ1) is 13.6. The van der Waals surface area contributed by atoms with Crippen molar-refractivity contribution in [2.24, 2.45) is 0 Å². The van der Waals surface area contributed by atoms with Gasteiger partial charge in [0.15, 0.2) is 11.6 Å². The minimum absolute atomic E-state index is 0.0491. The van der Waals surface area contributed by atoms with Gasteiger partial charge in [0.2, 0.25) is 0 Å². The minimum atomic E-state index is -0.619. The molecule has 0 aliphatic carbocycles. The molecule has 9 heteroatoms. The van der Waals surface area contributed by atoms with Crippen LogP contribution in [0.1, 0.15) is 20.9 Å². The lowest BCUT2D eigenvalue weighted by molar-refractivity contribution is 0.0831. The fourth-order valence-electron chi connectivity index (χ4n) is 2.68. The average molecular weight is 379 g/mol. The number of hydrazine groups is 1. The predicted octanol–water partition coefficient (Wildman–Crippen LogP) is 2.47. The number of aromatic nitrogens is 3. The van der Waals surface area contributed by atoms with Gasteiger partial charge in [-0.15, -0.1) is 0 Å². The molecule has 0 atom stereocenters. The van der Waals surface area contributed by atoms with Gasteiger partial charge in [-0.1, -0.05) is 12.1 Å². The second-order valence-corrected chi connectivity index (χ2v) is 5.72. The summed E-state index contributed by atoms with van der Waals surface area (Å²) in [6.07, 6.45) is 6.05. The number of halogens is 1. The maximum Gasteiger partial charge on any atom is 0.305 e. The molecule has 0 spiro atoms. The molecular weight excluding hydrogens is 365 g/mol. The third-order valence-electron chi connectivity index (χ3n) is 3.95. The molecule has 0 fully saturated rings. The van der Waals surface area contributed by atoms with E-state index in [-0.39, 0.29) is 17.0 Å². The number of nitrogens with zero attached hydrogens (tertiary/aromatic N) is 3. The summed E-state index contributed by atoms with van der Waals surface area (Å²) in [5, 5.41) is 4.17. The predicted molar refractivity (Wildman–Crippen MR) is 96.5 cm³/mol. The normalized spacial score (nSPS) is 10.6. The molecule has 0 unspecified atom stereocenters. The zero-order chi connectivity index (χ0) is 19.5. The number of nitrogens with one attached hydrogen (secondary N) is 2. The summed E-state index contributed by atoms with van der Waals surface area (Å²) in [5.74, 6) is -1.35. The van der Waals surface area contributed by atoms with E-state index in [1.807, 2.05) is 0 Å². The summed E-state index contributed by atoms with van der Waals surface area (Å²) >= 11 is 0. The van der Waals surface area contributed by atoms with Crippen molar-refractivity contribution in [2.45, 2.75) is 0 Å². The third-order valence-corrected chi connectivity index (χ3v) is 3.95. The van der Waals surface area contributed by atoms with E-state index in [0.717, 1.165) is 0 Å². The highest BCUT2D eigenvalue weighted by Crippen LogP contribution is 2.21. The molecule has 140 valence electrons. The smallest absolute Gasteiger partial charge is 0.305 e. The van der Waals surface area contributed by atoms with Gasteiger partial charge < -0.3 is 8.98 Å². The standard InChI is InChI=1S/C19H14FN5O3/c20-14-6-1-2-7-15(14)25-19(24-9-3-4-10-24)13(12-21-25)17(26)22-23-18(27)16-8-5-11-28-16/h1-12H,(H,22,26)(H,23,27). The molecule has 0 aliphatic heterocycles. The molecule has 0 radical (unpaired) electrons. The number of benzene rings is 1. The first-order valence-electron chi connectivity index (χ1n) is 8.25. The van der Waals surface area contributed by atoms with Gasteiger partial charge in [0, 0.05) is 12.4 Å². The number of hydrogen-bond acceptors (Lipinski definition) is 4. The van der Waals surface area contributed by atoms with Gasteiger partial charge in [0.05, 0.1) is 12.5 Å². The van der Waals surface area contributed by atoms with Crippen molar-refractivity contribution in [2.75, 3.05) is 0 Å². The summed E-state index contributed by atoms with van der Waals surface area (Å²) in [6, 6.07) is 12.6. The maximum atomic E-state index is 14.3. The molecule has 0 saturated carbocycles. The van der Waals surface area contributed by atoms with Crippen LogP contribution >= 0.6 is 0 Å². The van der Waals surface area contributed by atoms with E-state index in [1.54, 1.807) is 53.4 Å². The van der Waals surface area contributed by atoms with Gasteiger partial charge in [-0.05, 0) is 36.4 Å². The average Bonchev–Trinajstić information content (AvgIpc) is 3.47. The third kappa shape index (κ3) is 3.16. The van der Waals surface area contributed by atoms with E-state index in [0.29, 0.717) is 5.82 Å². The summed E-state index contributed by atoms with van der Waals surface area (Å²) in [4.78, 5) is 24.6. The van der Waals surface area contributed by atoms with Crippen molar-refractivity contribution in [1.29, 1.82) is 0 Å². The Morgan fingerprint density at radius 1 is 0.964 bits per heavy atom. The number of carbonyl (C=O) groups excluding carboxylic acids is 2. The Hall–Kier alpha value is -4.14. The van der Waals surface area contributed by atoms with Crippen LogP contribution in [0.25, 0.3) is 11.5 Å². The van der Waals surface area contributed by atoms with Crippen LogP contribution in [-0.4, -0.2) is 26.2 Å². The Bertz CT molecular complexity index is 1120. The van der Waals surface area contributed by atoms with E-state index < -0.39 is 17.6 Å². The fourth-order valence-corrected chi connectivity index (χ4v) is 2.68. The van der Waals surface area contributed by atoms with Crippen LogP contribution in [0.5, 0.6) is 0 Å². The largest absolute Gasteiger partial charge is 0.459 e. The van der Waals surface area contributed by atoms with Gasteiger partial charge in [-0.2, -0.15) is 5.10 Å². The van der Waals surface area contributed by atoms with Crippen molar-refractivity contribution in [3.8, 4) is 11.5 Å². The topological polar surface area (TPSA) is 94.1 Å². The maximum absolute atomic E-state index is 14.3. The monoisotopic (exact) mass is 379 g/mol. The first kappa shape index (κ1) is 17.3. The molecular formula is C19H14FN5O3. The fraction of sp³-hybridized carbons (Fsp3) is 0. The van der Waals surface area contributed by atoms with E-state index in [9.17, 15) is 14.0 Å². The Morgan fingerprint density at radius 2 is 1.71 bits per heavy atom. The van der Waals surface area contributed by atoms with Crippen molar-refractivity contribution < 1.29 is 18.4 Å². The molecule has 3 heterocycles. The van der Waals surface area contributed by atoms with E-state index in [1.165, 1.54) is 29.3 Å². The van der Waals surface area contributed by atoms with Crippen molar-refractivity contribution in [1.82, 2.24) is 25.2 Å². The van der Waals surface area contributed by atoms with Gasteiger partial charge in [0.25, 0.3) is 5.91 Å². The van der Waals surface area contributed by atoms with Crippen LogP contribution in [0.2, 0.25) is 0 Å². The molecule has 3 aromatic heterocycles. The first-order valence-corrected chi connectivity index (χ1v) is 8.25. The van der Waals surface area contributed by atoms with Crippen molar-refractivity contribution in [3.63, 3.8) is 0 Å². The van der Waals surface area contributed by atoms with E-state index in [4.69, 9.17) is 4.42 Å². The van der Waals surface area contributed by atoms with Gasteiger partial charge in [-0.3, -0.25) is 20.4 Å². The highest BCUT2D eigenvalue weighted by Gasteiger charge is 2.22. The molecule has 1 aromatic carbocycles. The minimum Gasteiger partial charge on any atom is -0.459 e. The van der Waals surface area contributed by atoms with Crippen LogP contribution in [0.4, 0.5) is 4.39 Å². The second-order valence-electron chi connectivity index (χ2n) is 5.72. The van der Waals surface area contributed by atoms with Crippen LogP contribution < -0.4 is 10.9 Å². The molecule has 28 heavy (non-hydrogen) atoms. The number of rotatable bonds is 4. The summed E-state index contributed by atoms with van der Waals surface area (Å²) in [6.45, 7) is 0.